The zero-order valence-corrected chi connectivity index (χ0v) is 14.8. The van der Waals surface area contributed by atoms with Crippen molar-refractivity contribution in [2.75, 3.05) is 6.61 Å². The molecule has 0 saturated heterocycles. The van der Waals surface area contributed by atoms with E-state index in [0.29, 0.717) is 16.2 Å². The minimum absolute atomic E-state index is 0.0925. The number of carbonyl (C=O) groups is 2. The van der Waals surface area contributed by atoms with E-state index in [1.54, 1.807) is 19.9 Å². The Morgan fingerprint density at radius 1 is 1.44 bits per heavy atom. The number of hydrogen-bond donors (Lipinski definition) is 1. The molecule has 1 N–H and O–H groups in total. The molecule has 0 fully saturated rings. The molecule has 8 nitrogen and oxygen atoms in total. The van der Waals surface area contributed by atoms with Gasteiger partial charge in [-0.15, -0.1) is 0 Å². The molecule has 0 bridgehead atoms. The molecular formula is C16H17N3O5S. The number of hydrogen-bond acceptors (Lipinski definition) is 7. The summed E-state index contributed by atoms with van der Waals surface area (Å²) in [5.74, 6) is -0.828. The van der Waals surface area contributed by atoms with E-state index >= 15 is 0 Å². The van der Waals surface area contributed by atoms with Gasteiger partial charge in [-0.25, -0.2) is 4.79 Å². The van der Waals surface area contributed by atoms with Crippen molar-refractivity contribution >= 4 is 39.9 Å². The number of aliphatic imine (C=N–C) groups is 1. The van der Waals surface area contributed by atoms with E-state index in [2.05, 4.69) is 10.3 Å². The van der Waals surface area contributed by atoms with Gasteiger partial charge < -0.3 is 10.1 Å². The second-order valence-corrected chi connectivity index (χ2v) is 6.21. The van der Waals surface area contributed by atoms with E-state index in [1.807, 2.05) is 0 Å². The topological polar surface area (TPSA) is 111 Å². The van der Waals surface area contributed by atoms with Crippen LogP contribution in [0.3, 0.4) is 0 Å². The summed E-state index contributed by atoms with van der Waals surface area (Å²) < 4.78 is 5.09. The van der Waals surface area contributed by atoms with E-state index in [1.165, 1.54) is 25.1 Å². The van der Waals surface area contributed by atoms with Crippen molar-refractivity contribution in [2.24, 2.45) is 4.99 Å². The SMILES string of the molecule is CCOC(=O)C1=C(c2cccc([N+](=O)[O-])c2)SC(NC(C)=O)N=C1C. The fourth-order valence-electron chi connectivity index (χ4n) is 2.25. The number of nitro benzene ring substituents is 1. The maximum Gasteiger partial charge on any atom is 0.341 e. The second-order valence-electron chi connectivity index (χ2n) is 5.12. The fraction of sp³-hybridized carbons (Fsp3) is 0.312. The molecule has 0 aromatic heterocycles. The number of nitro groups is 1. The molecule has 0 saturated carbocycles. The number of ether oxygens (including phenoxy) is 1. The summed E-state index contributed by atoms with van der Waals surface area (Å²) in [6, 6.07) is 5.95. The molecule has 2 rings (SSSR count). The average Bonchev–Trinajstić information content (AvgIpc) is 2.53. The molecule has 1 aliphatic heterocycles. The Morgan fingerprint density at radius 2 is 2.16 bits per heavy atom. The van der Waals surface area contributed by atoms with Crippen LogP contribution in [0.2, 0.25) is 0 Å². The summed E-state index contributed by atoms with van der Waals surface area (Å²) in [5.41, 5.74) is 0.424. The minimum Gasteiger partial charge on any atom is -0.462 e. The highest BCUT2D eigenvalue weighted by molar-refractivity contribution is 8.09. The van der Waals surface area contributed by atoms with Crippen LogP contribution in [0.25, 0.3) is 4.91 Å². The first-order chi connectivity index (χ1) is 11.8. The third kappa shape index (κ3) is 4.44. The quantitative estimate of drug-likeness (QED) is 0.489. The number of nitrogens with one attached hydrogen (secondary N) is 1. The van der Waals surface area contributed by atoms with Crippen LogP contribution in [-0.2, 0) is 14.3 Å². The van der Waals surface area contributed by atoms with Crippen LogP contribution in [0, 0.1) is 10.1 Å². The van der Waals surface area contributed by atoms with E-state index < -0.39 is 16.4 Å². The average molecular weight is 363 g/mol. The predicted molar refractivity (Wildman–Crippen MR) is 95.0 cm³/mol. The van der Waals surface area contributed by atoms with Gasteiger partial charge in [0.25, 0.3) is 5.69 Å². The zero-order chi connectivity index (χ0) is 18.6. The van der Waals surface area contributed by atoms with Crippen molar-refractivity contribution in [3.8, 4) is 0 Å². The third-order valence-electron chi connectivity index (χ3n) is 3.25. The van der Waals surface area contributed by atoms with E-state index in [-0.39, 0.29) is 23.8 Å². The molecule has 1 aliphatic rings. The van der Waals surface area contributed by atoms with Gasteiger partial charge in [0.05, 0.1) is 22.8 Å². The Labute approximate surface area is 148 Å². The molecule has 9 heteroatoms. The van der Waals surface area contributed by atoms with Crippen LogP contribution < -0.4 is 5.32 Å². The predicted octanol–water partition coefficient (Wildman–Crippen LogP) is 2.50. The molecule has 1 amide bonds. The third-order valence-corrected chi connectivity index (χ3v) is 4.38. The maximum atomic E-state index is 12.3. The van der Waals surface area contributed by atoms with Crippen molar-refractivity contribution < 1.29 is 19.2 Å². The number of benzene rings is 1. The van der Waals surface area contributed by atoms with Crippen molar-refractivity contribution in [1.82, 2.24) is 5.32 Å². The number of carbonyl (C=O) groups excluding carboxylic acids is 2. The van der Waals surface area contributed by atoms with Gasteiger partial charge in [-0.1, -0.05) is 23.9 Å². The zero-order valence-electron chi connectivity index (χ0n) is 13.9. The molecule has 1 aromatic carbocycles. The standard InChI is InChI=1S/C16H17N3O5S/c1-4-24-15(21)13-9(2)17-16(18-10(3)20)25-14(13)11-6-5-7-12(8-11)19(22)23/h5-8,16H,4H2,1-3H3,(H,18,20). The lowest BCUT2D eigenvalue weighted by Gasteiger charge is -2.24. The highest BCUT2D eigenvalue weighted by Gasteiger charge is 2.29. The molecule has 1 unspecified atom stereocenters. The molecule has 0 radical (unpaired) electrons. The lowest BCUT2D eigenvalue weighted by molar-refractivity contribution is -0.384. The van der Waals surface area contributed by atoms with Crippen molar-refractivity contribution in [3.63, 3.8) is 0 Å². The molecule has 25 heavy (non-hydrogen) atoms. The fourth-order valence-corrected chi connectivity index (χ4v) is 3.52. The Balaban J connectivity index is 2.55. The van der Waals surface area contributed by atoms with Gasteiger partial charge in [-0.2, -0.15) is 0 Å². The van der Waals surface area contributed by atoms with E-state index in [0.717, 1.165) is 11.8 Å². The smallest absolute Gasteiger partial charge is 0.341 e. The molecular weight excluding hydrogens is 346 g/mol. The van der Waals surface area contributed by atoms with Gasteiger partial charge in [-0.05, 0) is 19.4 Å². The Morgan fingerprint density at radius 3 is 2.76 bits per heavy atom. The molecule has 1 aromatic rings. The van der Waals surface area contributed by atoms with Gasteiger partial charge >= 0.3 is 5.97 Å². The van der Waals surface area contributed by atoms with Crippen LogP contribution in [-0.4, -0.2) is 34.6 Å². The highest BCUT2D eigenvalue weighted by Crippen LogP contribution is 2.39. The summed E-state index contributed by atoms with van der Waals surface area (Å²) in [6.45, 7) is 4.88. The minimum atomic E-state index is -0.620. The Kier molecular flexibility index (Phi) is 5.92. The Bertz CT molecular complexity index is 788. The van der Waals surface area contributed by atoms with Crippen molar-refractivity contribution in [1.29, 1.82) is 0 Å². The van der Waals surface area contributed by atoms with Gasteiger partial charge in [0.15, 0.2) is 5.50 Å². The summed E-state index contributed by atoms with van der Waals surface area (Å²) in [7, 11) is 0. The molecule has 132 valence electrons. The number of nitrogens with zero attached hydrogens (tertiary/aromatic N) is 2. The van der Waals surface area contributed by atoms with Crippen LogP contribution in [0.1, 0.15) is 26.3 Å². The summed E-state index contributed by atoms with van der Waals surface area (Å²) in [6.07, 6.45) is 0. The number of amides is 1. The van der Waals surface area contributed by atoms with Gasteiger partial charge in [0, 0.05) is 24.0 Å². The van der Waals surface area contributed by atoms with Crippen LogP contribution in [0.15, 0.2) is 34.8 Å². The lowest BCUT2D eigenvalue weighted by atomic mass is 10.1. The van der Waals surface area contributed by atoms with Crippen LogP contribution >= 0.6 is 11.8 Å². The lowest BCUT2D eigenvalue weighted by Crippen LogP contribution is -2.32. The first kappa shape index (κ1) is 18.7. The molecule has 1 heterocycles. The first-order valence-corrected chi connectivity index (χ1v) is 8.36. The molecule has 1 atom stereocenters. The van der Waals surface area contributed by atoms with E-state index in [9.17, 15) is 19.7 Å². The first-order valence-electron chi connectivity index (χ1n) is 7.48. The number of rotatable bonds is 5. The number of non-ortho nitro benzene ring substituents is 1. The van der Waals surface area contributed by atoms with Gasteiger partial charge in [0.2, 0.25) is 5.91 Å². The summed E-state index contributed by atoms with van der Waals surface area (Å²) >= 11 is 1.14. The van der Waals surface area contributed by atoms with E-state index in [4.69, 9.17) is 4.74 Å². The summed E-state index contributed by atoms with van der Waals surface area (Å²) in [4.78, 5) is 39.0. The maximum absolute atomic E-state index is 12.3. The Hall–Kier alpha value is -2.68. The number of thioether (sulfide) groups is 1. The highest BCUT2D eigenvalue weighted by atomic mass is 32.2. The summed E-state index contributed by atoms with van der Waals surface area (Å²) in [5, 5.41) is 13.7. The van der Waals surface area contributed by atoms with Gasteiger partial charge in [0.1, 0.15) is 0 Å². The number of esters is 1. The normalized spacial score (nSPS) is 16.9. The largest absolute Gasteiger partial charge is 0.462 e. The van der Waals surface area contributed by atoms with Gasteiger partial charge in [-0.3, -0.25) is 19.9 Å². The van der Waals surface area contributed by atoms with Crippen molar-refractivity contribution in [2.45, 2.75) is 26.3 Å². The van der Waals surface area contributed by atoms with Crippen molar-refractivity contribution in [3.05, 3.63) is 45.5 Å². The molecule has 0 aliphatic carbocycles. The molecule has 0 spiro atoms. The monoisotopic (exact) mass is 363 g/mol. The second kappa shape index (κ2) is 7.93. The van der Waals surface area contributed by atoms with Crippen LogP contribution in [0.4, 0.5) is 5.69 Å². The van der Waals surface area contributed by atoms with Crippen LogP contribution in [0.5, 0.6) is 0 Å².